The van der Waals surface area contributed by atoms with Crippen molar-refractivity contribution in [2.24, 2.45) is 0 Å². The molecule has 3 heterocycles. The third-order valence-electron chi connectivity index (χ3n) is 5.75. The van der Waals surface area contributed by atoms with Gasteiger partial charge in [0.05, 0.1) is 12.8 Å². The zero-order chi connectivity index (χ0) is 27.2. The van der Waals surface area contributed by atoms with Gasteiger partial charge in [0.1, 0.15) is 36.0 Å². The van der Waals surface area contributed by atoms with E-state index in [1.54, 1.807) is 29.3 Å². The molecule has 198 valence electrons. The van der Waals surface area contributed by atoms with Crippen LogP contribution in [0.4, 0.5) is 0 Å². The molecular weight excluding hydrogens is 500 g/mol. The molecule has 0 saturated carbocycles. The molecule has 0 spiro atoms. The van der Waals surface area contributed by atoms with Crippen LogP contribution in [-0.2, 0) is 24.6 Å². The third kappa shape index (κ3) is 6.42. The predicted molar refractivity (Wildman–Crippen MR) is 140 cm³/mol. The number of aryl methyl sites for hydroxylation is 1. The molecule has 0 aliphatic heterocycles. The third-order valence-corrected chi connectivity index (χ3v) is 5.75. The number of carbonyl (C=O) groups excluding carboxylic acids is 2. The molecule has 0 radical (unpaired) electrons. The number of aromatic nitrogens is 3. The minimum atomic E-state index is -0.570. The summed E-state index contributed by atoms with van der Waals surface area (Å²) < 4.78 is 24.4. The van der Waals surface area contributed by atoms with E-state index >= 15 is 0 Å². The molecule has 39 heavy (non-hydrogen) atoms. The zero-order valence-electron chi connectivity index (χ0n) is 21.4. The van der Waals surface area contributed by atoms with E-state index < -0.39 is 11.8 Å². The van der Waals surface area contributed by atoms with Crippen molar-refractivity contribution in [1.82, 2.24) is 20.1 Å². The van der Waals surface area contributed by atoms with Crippen LogP contribution in [0.15, 0.2) is 88.0 Å². The van der Waals surface area contributed by atoms with E-state index in [9.17, 15) is 9.59 Å². The topological polar surface area (TPSA) is 122 Å². The zero-order valence-corrected chi connectivity index (χ0v) is 21.4. The highest BCUT2D eigenvalue weighted by Gasteiger charge is 2.19. The van der Waals surface area contributed by atoms with Crippen LogP contribution in [-0.4, -0.2) is 26.6 Å². The molecule has 0 aliphatic rings. The largest absolute Gasteiger partial charge is 0.487 e. The highest BCUT2D eigenvalue weighted by Crippen LogP contribution is 2.24. The number of amides is 2. The van der Waals surface area contributed by atoms with E-state index in [1.165, 1.54) is 6.92 Å². The Morgan fingerprint density at radius 1 is 0.949 bits per heavy atom. The Kier molecular flexibility index (Phi) is 7.53. The number of hydrogen-bond donors (Lipinski definition) is 1. The highest BCUT2D eigenvalue weighted by molar-refractivity contribution is 6.05. The van der Waals surface area contributed by atoms with Crippen molar-refractivity contribution in [2.45, 2.75) is 33.6 Å². The van der Waals surface area contributed by atoms with Crippen LogP contribution < -0.4 is 14.8 Å². The van der Waals surface area contributed by atoms with Gasteiger partial charge in [-0.25, -0.2) is 4.98 Å². The molecule has 5 rings (SSSR count). The van der Waals surface area contributed by atoms with E-state index in [1.807, 2.05) is 61.5 Å². The van der Waals surface area contributed by atoms with Gasteiger partial charge in [-0.1, -0.05) is 42.5 Å². The van der Waals surface area contributed by atoms with Gasteiger partial charge in [-0.05, 0) is 42.3 Å². The Morgan fingerprint density at radius 3 is 2.46 bits per heavy atom. The van der Waals surface area contributed by atoms with Crippen molar-refractivity contribution in [1.29, 1.82) is 0 Å². The van der Waals surface area contributed by atoms with Gasteiger partial charge < -0.3 is 18.3 Å². The van der Waals surface area contributed by atoms with Gasteiger partial charge in [0.2, 0.25) is 11.8 Å². The van der Waals surface area contributed by atoms with Crippen LogP contribution >= 0.6 is 0 Å². The molecule has 0 unspecified atom stereocenters. The summed E-state index contributed by atoms with van der Waals surface area (Å²) in [6, 6.07) is 20.6. The second kappa shape index (κ2) is 11.5. The van der Waals surface area contributed by atoms with Crippen LogP contribution in [0.2, 0.25) is 0 Å². The highest BCUT2D eigenvalue weighted by atomic mass is 16.5. The molecule has 2 amide bonds. The second-order valence-electron chi connectivity index (χ2n) is 8.76. The lowest BCUT2D eigenvalue weighted by Crippen LogP contribution is -2.28. The number of oxazole rings is 1. The quantitative estimate of drug-likeness (QED) is 0.272. The molecule has 0 saturated heterocycles. The first kappa shape index (κ1) is 25.5. The smallest absolute Gasteiger partial charge is 0.264 e. The average molecular weight is 527 g/mol. The van der Waals surface area contributed by atoms with Gasteiger partial charge in [0.15, 0.2) is 5.76 Å². The first-order chi connectivity index (χ1) is 18.9. The summed E-state index contributed by atoms with van der Waals surface area (Å²) in [5.74, 6) is 1.37. The molecule has 10 nitrogen and oxygen atoms in total. The van der Waals surface area contributed by atoms with Crippen molar-refractivity contribution in [3.8, 4) is 23.3 Å². The predicted octanol–water partition coefficient (Wildman–Crippen LogP) is 4.92. The molecule has 0 aliphatic carbocycles. The minimum absolute atomic E-state index is 0.138. The van der Waals surface area contributed by atoms with E-state index in [4.69, 9.17) is 18.3 Å². The number of furan rings is 1. The van der Waals surface area contributed by atoms with E-state index in [0.717, 1.165) is 11.1 Å². The SMILES string of the molecule is CC(=O)NC(=O)c1cn(Cc2ccccc2)nc1OCc1ccc(OCc2nc(-c3ccco3)oc2C)cc1. The van der Waals surface area contributed by atoms with Gasteiger partial charge in [-0.2, -0.15) is 0 Å². The molecule has 0 bridgehead atoms. The lowest BCUT2D eigenvalue weighted by molar-refractivity contribution is -0.118. The Balaban J connectivity index is 1.22. The van der Waals surface area contributed by atoms with Crippen molar-refractivity contribution in [3.63, 3.8) is 0 Å². The number of ether oxygens (including phenoxy) is 2. The first-order valence-electron chi connectivity index (χ1n) is 12.2. The Morgan fingerprint density at radius 2 is 1.74 bits per heavy atom. The number of imide groups is 1. The number of nitrogens with zero attached hydrogens (tertiary/aromatic N) is 3. The maximum atomic E-state index is 12.6. The van der Waals surface area contributed by atoms with Crippen molar-refractivity contribution in [3.05, 3.63) is 107 Å². The van der Waals surface area contributed by atoms with Crippen molar-refractivity contribution < 1.29 is 27.9 Å². The molecule has 10 heteroatoms. The maximum Gasteiger partial charge on any atom is 0.264 e. The second-order valence-corrected chi connectivity index (χ2v) is 8.76. The van der Waals surface area contributed by atoms with Crippen LogP contribution in [0.3, 0.4) is 0 Å². The number of benzene rings is 2. The van der Waals surface area contributed by atoms with Crippen LogP contribution in [0.25, 0.3) is 11.7 Å². The molecular formula is C29H26N4O6. The minimum Gasteiger partial charge on any atom is -0.487 e. The summed E-state index contributed by atoms with van der Waals surface area (Å²) in [5, 5.41) is 6.71. The van der Waals surface area contributed by atoms with Gasteiger partial charge >= 0.3 is 0 Å². The normalized spacial score (nSPS) is 10.8. The lowest BCUT2D eigenvalue weighted by Gasteiger charge is -2.08. The summed E-state index contributed by atoms with van der Waals surface area (Å²) in [6.45, 7) is 3.95. The lowest BCUT2D eigenvalue weighted by atomic mass is 10.2. The van der Waals surface area contributed by atoms with Crippen molar-refractivity contribution >= 4 is 11.8 Å². The van der Waals surface area contributed by atoms with Crippen LogP contribution in [0, 0.1) is 6.92 Å². The van der Waals surface area contributed by atoms with Gasteiger partial charge in [0.25, 0.3) is 11.8 Å². The number of nitrogens with one attached hydrogen (secondary N) is 1. The molecule has 5 aromatic rings. The molecule has 3 aromatic heterocycles. The molecule has 1 N–H and O–H groups in total. The van der Waals surface area contributed by atoms with E-state index in [2.05, 4.69) is 15.4 Å². The summed E-state index contributed by atoms with van der Waals surface area (Å²) >= 11 is 0. The van der Waals surface area contributed by atoms with E-state index in [-0.39, 0.29) is 24.7 Å². The maximum absolute atomic E-state index is 12.6. The van der Waals surface area contributed by atoms with Gasteiger partial charge in [-0.3, -0.25) is 19.6 Å². The van der Waals surface area contributed by atoms with E-state index in [0.29, 0.717) is 35.4 Å². The van der Waals surface area contributed by atoms with Crippen LogP contribution in [0.1, 0.15) is 39.9 Å². The molecule has 0 atom stereocenters. The molecule has 0 fully saturated rings. The standard InChI is InChI=1S/C29H26N4O6/c1-19-25(31-29(39-19)26-9-6-14-36-26)18-37-23-12-10-22(11-13-23)17-38-28-24(27(35)30-20(2)34)16-33(32-28)15-21-7-4-3-5-8-21/h3-14,16H,15,17-18H2,1-2H3,(H,30,34,35). The fourth-order valence-corrected chi connectivity index (χ4v) is 3.80. The Bertz CT molecular complexity index is 1550. The number of carbonyl (C=O) groups is 2. The van der Waals surface area contributed by atoms with Crippen LogP contribution in [0.5, 0.6) is 11.6 Å². The van der Waals surface area contributed by atoms with Gasteiger partial charge in [-0.15, -0.1) is 5.10 Å². The Hall–Kier alpha value is -5.12. The first-order valence-corrected chi connectivity index (χ1v) is 12.2. The Labute approximate surface area is 224 Å². The van der Waals surface area contributed by atoms with Crippen molar-refractivity contribution in [2.75, 3.05) is 0 Å². The number of hydrogen-bond acceptors (Lipinski definition) is 8. The van der Waals surface area contributed by atoms with Gasteiger partial charge in [0, 0.05) is 13.1 Å². The fraction of sp³-hybridized carbons (Fsp3) is 0.172. The summed E-state index contributed by atoms with van der Waals surface area (Å²) in [6.07, 6.45) is 3.13. The summed E-state index contributed by atoms with van der Waals surface area (Å²) in [7, 11) is 0. The average Bonchev–Trinajstić information content (AvgIpc) is 3.68. The summed E-state index contributed by atoms with van der Waals surface area (Å²) in [4.78, 5) is 28.5. The summed E-state index contributed by atoms with van der Waals surface area (Å²) in [5.41, 5.74) is 2.71. The number of rotatable bonds is 10. The fourth-order valence-electron chi connectivity index (χ4n) is 3.80. The monoisotopic (exact) mass is 526 g/mol. The molecule has 2 aromatic carbocycles.